The second kappa shape index (κ2) is 12.4. The number of hydrogen-bond donors (Lipinski definition) is 0. The predicted octanol–water partition coefficient (Wildman–Crippen LogP) is 4.73. The molecule has 0 saturated carbocycles. The molecule has 0 saturated heterocycles. The monoisotopic (exact) mass is 594 g/mol. The van der Waals surface area contributed by atoms with Gasteiger partial charge in [0.2, 0.25) is 0 Å². The minimum atomic E-state index is -0.545. The van der Waals surface area contributed by atoms with Crippen molar-refractivity contribution >= 4 is 9.48 Å². The maximum atomic E-state index is 13.3. The van der Waals surface area contributed by atoms with Crippen LogP contribution in [0.15, 0.2) is 60.7 Å². The van der Waals surface area contributed by atoms with Crippen molar-refractivity contribution in [3.05, 3.63) is 99.6 Å². The third-order valence-corrected chi connectivity index (χ3v) is 9.63. The molecule has 0 amide bonds. The van der Waals surface area contributed by atoms with E-state index in [4.69, 9.17) is 0 Å². The molecule has 1 aliphatic rings. The van der Waals surface area contributed by atoms with Crippen molar-refractivity contribution in [3.8, 4) is 0 Å². The van der Waals surface area contributed by atoms with Gasteiger partial charge in [-0.05, 0) is 0 Å². The molecule has 1 aliphatic carbocycles. The molecule has 0 N–H and O–H groups in total. The Kier molecular flexibility index (Phi) is 9.27. The molecule has 0 bridgehead atoms. The molecular formula is C33H41INO-. The van der Waals surface area contributed by atoms with E-state index < -0.39 is 21.2 Å². The van der Waals surface area contributed by atoms with Crippen LogP contribution in [-0.2, 0) is 12.8 Å². The van der Waals surface area contributed by atoms with E-state index in [0.29, 0.717) is 15.6 Å². The number of nitrogens with zero attached hydrogens (tertiary/aromatic N) is 1. The molecular weight excluding hydrogens is 553 g/mol. The number of benzene rings is 3. The molecule has 192 valence electrons. The van der Waals surface area contributed by atoms with Gasteiger partial charge < -0.3 is 0 Å². The van der Waals surface area contributed by atoms with E-state index in [-0.39, 0.29) is 0 Å². The molecule has 36 heavy (non-hydrogen) atoms. The third-order valence-electron chi connectivity index (χ3n) is 7.29. The quantitative estimate of drug-likeness (QED) is 0.192. The van der Waals surface area contributed by atoms with Crippen molar-refractivity contribution < 1.29 is 26.0 Å². The topological polar surface area (TPSA) is 20.3 Å². The number of halogens is 1. The van der Waals surface area contributed by atoms with Crippen LogP contribution >= 0.6 is 0 Å². The average Bonchev–Trinajstić information content (AvgIpc) is 2.99. The summed E-state index contributed by atoms with van der Waals surface area (Å²) in [6.45, 7) is 13.2. The summed E-state index contributed by atoms with van der Waals surface area (Å²) in [5, 5.41) is 0. The molecule has 3 heteroatoms. The van der Waals surface area contributed by atoms with E-state index in [1.165, 1.54) is 45.5 Å². The Bertz CT molecular complexity index is 1200. The standard InChI is InChI=1S/C33H41INO/c1-6-16-35(32-14-11-24(4)19-25(32)5)17-15-34-33(36)28-13-12-26-20-27-9-7-8-10-31(27)30(18-23(2)3)22-29(26)21-28/h7-14,19,21,23,30H,6,15-18,20,22H2,1-5H3/q-1. The molecule has 3 aromatic rings. The van der Waals surface area contributed by atoms with E-state index >= 15 is 0 Å². The Morgan fingerprint density at radius 1 is 0.972 bits per heavy atom. The van der Waals surface area contributed by atoms with Crippen LogP contribution in [0.3, 0.4) is 0 Å². The number of anilines is 1. The van der Waals surface area contributed by atoms with Crippen LogP contribution in [0.1, 0.15) is 83.3 Å². The van der Waals surface area contributed by atoms with E-state index in [0.717, 1.165) is 42.3 Å². The number of carbonyl (C=O) groups is 1. The summed E-state index contributed by atoms with van der Waals surface area (Å²) < 4.78 is 1.37. The van der Waals surface area contributed by atoms with Crippen molar-refractivity contribution in [1.29, 1.82) is 0 Å². The summed E-state index contributed by atoms with van der Waals surface area (Å²) in [6.07, 6.45) is 4.32. The van der Waals surface area contributed by atoms with E-state index in [9.17, 15) is 4.79 Å². The number of aryl methyl sites for hydroxylation is 2. The van der Waals surface area contributed by atoms with Crippen LogP contribution in [0.2, 0.25) is 0 Å². The summed E-state index contributed by atoms with van der Waals surface area (Å²) >= 11 is -0.545. The third kappa shape index (κ3) is 6.59. The first-order valence-electron chi connectivity index (χ1n) is 13.5. The zero-order valence-electron chi connectivity index (χ0n) is 22.6. The van der Waals surface area contributed by atoms with Crippen LogP contribution in [0.4, 0.5) is 5.69 Å². The maximum absolute atomic E-state index is 13.3. The molecule has 0 fully saturated rings. The fraction of sp³-hybridized carbons (Fsp3) is 0.424. The minimum absolute atomic E-state index is 0.385. The fourth-order valence-corrected chi connectivity index (χ4v) is 7.74. The van der Waals surface area contributed by atoms with Gasteiger partial charge in [-0.25, -0.2) is 0 Å². The average molecular weight is 595 g/mol. The van der Waals surface area contributed by atoms with E-state index in [1.54, 1.807) is 0 Å². The Labute approximate surface area is 228 Å². The molecule has 1 unspecified atom stereocenters. The van der Waals surface area contributed by atoms with Gasteiger partial charge in [-0.15, -0.1) is 0 Å². The molecule has 0 spiro atoms. The number of hydrogen-bond acceptors (Lipinski definition) is 2. The number of carbonyl (C=O) groups excluding carboxylic acids is 1. The first-order valence-corrected chi connectivity index (χ1v) is 16.1. The van der Waals surface area contributed by atoms with Crippen LogP contribution in [0.5, 0.6) is 0 Å². The SMILES string of the molecule is CCCN(CC[I-]C(=O)c1ccc2c(c1)CC(CC(C)C)c1ccccc1C2)c1ccc(C)cc1C. The molecule has 2 nitrogen and oxygen atoms in total. The molecule has 0 heterocycles. The van der Waals surface area contributed by atoms with Gasteiger partial charge in [0, 0.05) is 0 Å². The van der Waals surface area contributed by atoms with Crippen molar-refractivity contribution in [2.75, 3.05) is 22.4 Å². The molecule has 0 aromatic heterocycles. The second-order valence-electron chi connectivity index (χ2n) is 10.8. The first-order chi connectivity index (χ1) is 17.4. The normalized spacial score (nSPS) is 14.9. The number of rotatable bonds is 10. The second-order valence-corrected chi connectivity index (χ2v) is 13.6. The summed E-state index contributed by atoms with van der Waals surface area (Å²) in [7, 11) is 0. The van der Waals surface area contributed by atoms with Crippen molar-refractivity contribution in [2.24, 2.45) is 5.92 Å². The van der Waals surface area contributed by atoms with Gasteiger partial charge in [-0.2, -0.15) is 0 Å². The van der Waals surface area contributed by atoms with Gasteiger partial charge in [0.15, 0.2) is 0 Å². The Hall–Kier alpha value is -2.14. The van der Waals surface area contributed by atoms with Gasteiger partial charge in [0.25, 0.3) is 0 Å². The molecule has 4 rings (SSSR count). The Morgan fingerprint density at radius 2 is 1.78 bits per heavy atom. The van der Waals surface area contributed by atoms with Gasteiger partial charge in [0.1, 0.15) is 0 Å². The molecule has 1 atom stereocenters. The van der Waals surface area contributed by atoms with Crippen LogP contribution < -0.4 is 26.1 Å². The van der Waals surface area contributed by atoms with Crippen molar-refractivity contribution in [1.82, 2.24) is 0 Å². The van der Waals surface area contributed by atoms with Crippen LogP contribution in [0, 0.1) is 19.8 Å². The Balaban J connectivity index is 1.46. The molecule has 3 aromatic carbocycles. The summed E-state index contributed by atoms with van der Waals surface area (Å²) in [6, 6.07) is 22.2. The van der Waals surface area contributed by atoms with Crippen molar-refractivity contribution in [3.63, 3.8) is 0 Å². The van der Waals surface area contributed by atoms with Gasteiger partial charge in [0.05, 0.1) is 0 Å². The molecule has 0 radical (unpaired) electrons. The van der Waals surface area contributed by atoms with Crippen LogP contribution in [0.25, 0.3) is 0 Å². The van der Waals surface area contributed by atoms with Crippen LogP contribution in [-0.4, -0.2) is 21.3 Å². The van der Waals surface area contributed by atoms with E-state index in [1.807, 2.05) is 0 Å². The fourth-order valence-electron chi connectivity index (χ4n) is 5.65. The Morgan fingerprint density at radius 3 is 2.53 bits per heavy atom. The van der Waals surface area contributed by atoms with Crippen molar-refractivity contribution in [2.45, 2.75) is 66.2 Å². The van der Waals surface area contributed by atoms with Gasteiger partial charge >= 0.3 is 230 Å². The zero-order chi connectivity index (χ0) is 25.7. The van der Waals surface area contributed by atoms with Gasteiger partial charge in [-0.3, -0.25) is 0 Å². The summed E-state index contributed by atoms with van der Waals surface area (Å²) in [5.74, 6) is 1.19. The van der Waals surface area contributed by atoms with Gasteiger partial charge in [-0.1, -0.05) is 0 Å². The summed E-state index contributed by atoms with van der Waals surface area (Å²) in [5.41, 5.74) is 10.6. The van der Waals surface area contributed by atoms with E-state index in [2.05, 4.69) is 100 Å². The summed E-state index contributed by atoms with van der Waals surface area (Å²) in [4.78, 5) is 15.8. The molecule has 0 aliphatic heterocycles. The number of alkyl halides is 1. The number of fused-ring (bicyclic) bond motifs is 2. The zero-order valence-corrected chi connectivity index (χ0v) is 24.8. The first kappa shape index (κ1) is 26.9. The predicted molar refractivity (Wildman–Crippen MR) is 149 cm³/mol.